The molecule has 126 valence electrons. The second-order valence-electron chi connectivity index (χ2n) is 5.82. The van der Waals surface area contributed by atoms with Crippen molar-refractivity contribution < 1.29 is 9.59 Å². The van der Waals surface area contributed by atoms with Crippen molar-refractivity contribution in [2.45, 2.75) is 6.42 Å². The summed E-state index contributed by atoms with van der Waals surface area (Å²) in [6.07, 6.45) is 2.30. The smallest absolute Gasteiger partial charge is 0.255 e. The summed E-state index contributed by atoms with van der Waals surface area (Å²) in [5.41, 5.74) is 1.06. The zero-order valence-corrected chi connectivity index (χ0v) is 14.3. The lowest BCUT2D eigenvalue weighted by molar-refractivity contribution is 0.0718. The molecule has 2 aromatic heterocycles. The van der Waals surface area contributed by atoms with Crippen LogP contribution >= 0.6 is 11.3 Å². The van der Waals surface area contributed by atoms with E-state index in [-0.39, 0.29) is 17.4 Å². The molecule has 1 aliphatic heterocycles. The van der Waals surface area contributed by atoms with E-state index in [1.54, 1.807) is 29.1 Å². The lowest BCUT2D eigenvalue weighted by Crippen LogP contribution is -2.37. The molecule has 0 radical (unpaired) electrons. The zero-order chi connectivity index (χ0) is 17.1. The van der Waals surface area contributed by atoms with Gasteiger partial charge in [0.1, 0.15) is 0 Å². The molecule has 1 aliphatic rings. The molecule has 0 atom stereocenters. The predicted octanol–water partition coefficient (Wildman–Crippen LogP) is 1.44. The number of hydrogen-bond acceptors (Lipinski definition) is 4. The quantitative estimate of drug-likeness (QED) is 0.827. The maximum absolute atomic E-state index is 12.6. The molecule has 6 nitrogen and oxygen atoms in total. The van der Waals surface area contributed by atoms with E-state index >= 15 is 0 Å². The van der Waals surface area contributed by atoms with Gasteiger partial charge < -0.3 is 14.4 Å². The number of carbonyl (C=O) groups is 2. The number of hydrogen-bond donors (Lipinski definition) is 0. The Hall–Kier alpha value is -2.41. The van der Waals surface area contributed by atoms with Crippen molar-refractivity contribution in [3.63, 3.8) is 0 Å². The monoisotopic (exact) mass is 345 g/mol. The minimum Gasteiger partial charge on any atom is -0.337 e. The van der Waals surface area contributed by atoms with Gasteiger partial charge in [-0.15, -0.1) is 0 Å². The van der Waals surface area contributed by atoms with E-state index in [0.29, 0.717) is 37.3 Å². The van der Waals surface area contributed by atoms with Crippen molar-refractivity contribution >= 4 is 23.2 Å². The fourth-order valence-electron chi connectivity index (χ4n) is 2.80. The van der Waals surface area contributed by atoms with Crippen molar-refractivity contribution in [2.75, 3.05) is 26.2 Å². The molecule has 3 rings (SSSR count). The molecule has 0 unspecified atom stereocenters. The summed E-state index contributed by atoms with van der Waals surface area (Å²) in [4.78, 5) is 40.1. The van der Waals surface area contributed by atoms with Gasteiger partial charge in [-0.2, -0.15) is 11.3 Å². The van der Waals surface area contributed by atoms with Gasteiger partial charge in [-0.1, -0.05) is 0 Å². The minimum absolute atomic E-state index is 0.0210. The number of aryl methyl sites for hydroxylation is 1. The number of carbonyl (C=O) groups excluding carboxylic acids is 2. The summed E-state index contributed by atoms with van der Waals surface area (Å²) in [5.74, 6) is -0.0805. The second-order valence-corrected chi connectivity index (χ2v) is 6.60. The molecule has 0 N–H and O–H groups in total. The fourth-order valence-corrected chi connectivity index (χ4v) is 3.43. The van der Waals surface area contributed by atoms with Crippen molar-refractivity contribution in [1.29, 1.82) is 0 Å². The van der Waals surface area contributed by atoms with E-state index in [0.717, 1.165) is 6.42 Å². The zero-order valence-electron chi connectivity index (χ0n) is 13.5. The average molecular weight is 345 g/mol. The predicted molar refractivity (Wildman–Crippen MR) is 92.4 cm³/mol. The molecule has 7 heteroatoms. The Bertz CT molecular complexity index is 798. The van der Waals surface area contributed by atoms with Gasteiger partial charge in [-0.25, -0.2) is 0 Å². The first-order valence-corrected chi connectivity index (χ1v) is 8.78. The van der Waals surface area contributed by atoms with Gasteiger partial charge in [0.05, 0.1) is 11.1 Å². The Kier molecular flexibility index (Phi) is 4.80. The van der Waals surface area contributed by atoms with Crippen LogP contribution in [0.3, 0.4) is 0 Å². The topological polar surface area (TPSA) is 62.6 Å². The van der Waals surface area contributed by atoms with Crippen LogP contribution in [0.15, 0.2) is 40.0 Å². The van der Waals surface area contributed by atoms with Crippen LogP contribution < -0.4 is 5.56 Å². The number of pyridine rings is 1. The highest BCUT2D eigenvalue weighted by molar-refractivity contribution is 7.08. The van der Waals surface area contributed by atoms with Gasteiger partial charge in [-0.05, 0) is 23.9 Å². The SMILES string of the molecule is Cn1cc(C(=O)N2CCCN(C(=O)c3ccsc3)CC2)ccc1=O. The van der Waals surface area contributed by atoms with Crippen LogP contribution in [-0.4, -0.2) is 52.4 Å². The molecule has 3 heterocycles. The lowest BCUT2D eigenvalue weighted by Gasteiger charge is -2.22. The molecule has 2 aromatic rings. The number of thiophene rings is 1. The third kappa shape index (κ3) is 3.41. The fraction of sp³-hybridized carbons (Fsp3) is 0.353. The molecule has 0 aromatic carbocycles. The van der Waals surface area contributed by atoms with Crippen LogP contribution in [0.5, 0.6) is 0 Å². The summed E-state index contributed by atoms with van der Waals surface area (Å²) >= 11 is 1.50. The Morgan fingerprint density at radius 3 is 2.21 bits per heavy atom. The van der Waals surface area contributed by atoms with E-state index in [1.807, 2.05) is 16.8 Å². The molecule has 0 spiro atoms. The number of rotatable bonds is 2. The summed E-state index contributed by atoms with van der Waals surface area (Å²) in [6, 6.07) is 4.78. The van der Waals surface area contributed by atoms with Crippen LogP contribution in [0.2, 0.25) is 0 Å². The van der Waals surface area contributed by atoms with Crippen LogP contribution in [0.25, 0.3) is 0 Å². The Balaban J connectivity index is 1.68. The molecule has 0 saturated carbocycles. The summed E-state index contributed by atoms with van der Waals surface area (Å²) in [7, 11) is 1.63. The van der Waals surface area contributed by atoms with Crippen molar-refractivity contribution in [3.8, 4) is 0 Å². The van der Waals surface area contributed by atoms with Crippen molar-refractivity contribution in [2.24, 2.45) is 7.05 Å². The maximum atomic E-state index is 12.6. The van der Waals surface area contributed by atoms with E-state index in [1.165, 1.54) is 22.0 Å². The molecule has 0 aliphatic carbocycles. The van der Waals surface area contributed by atoms with Crippen LogP contribution in [-0.2, 0) is 7.05 Å². The molecule has 1 saturated heterocycles. The Morgan fingerprint density at radius 2 is 1.62 bits per heavy atom. The standard InChI is InChI=1S/C17H19N3O3S/c1-18-11-13(3-4-15(18)21)16(22)19-6-2-7-20(9-8-19)17(23)14-5-10-24-12-14/h3-5,10-12H,2,6-9H2,1H3. The average Bonchev–Trinajstić information content (AvgIpc) is 3.00. The minimum atomic E-state index is -0.144. The second kappa shape index (κ2) is 7.00. The molecule has 1 fully saturated rings. The van der Waals surface area contributed by atoms with Crippen LogP contribution in [0, 0.1) is 0 Å². The van der Waals surface area contributed by atoms with Crippen molar-refractivity contribution in [1.82, 2.24) is 14.4 Å². The van der Waals surface area contributed by atoms with Gasteiger partial charge in [0.2, 0.25) is 5.56 Å². The highest BCUT2D eigenvalue weighted by atomic mass is 32.1. The molecule has 24 heavy (non-hydrogen) atoms. The van der Waals surface area contributed by atoms with E-state index in [2.05, 4.69) is 0 Å². The molecule has 0 bridgehead atoms. The van der Waals surface area contributed by atoms with Gasteiger partial charge in [0.25, 0.3) is 11.8 Å². The van der Waals surface area contributed by atoms with Crippen molar-refractivity contribution in [3.05, 3.63) is 56.6 Å². The van der Waals surface area contributed by atoms with Gasteiger partial charge in [-0.3, -0.25) is 14.4 Å². The number of amides is 2. The molecular weight excluding hydrogens is 326 g/mol. The molecular formula is C17H19N3O3S. The first kappa shape index (κ1) is 16.4. The van der Waals surface area contributed by atoms with E-state index in [9.17, 15) is 14.4 Å². The van der Waals surface area contributed by atoms with E-state index < -0.39 is 0 Å². The first-order chi connectivity index (χ1) is 11.6. The highest BCUT2D eigenvalue weighted by Gasteiger charge is 2.23. The number of aromatic nitrogens is 1. The summed E-state index contributed by atoms with van der Waals surface area (Å²) < 4.78 is 1.40. The summed E-state index contributed by atoms with van der Waals surface area (Å²) in [6.45, 7) is 2.27. The summed E-state index contributed by atoms with van der Waals surface area (Å²) in [5, 5.41) is 3.74. The van der Waals surface area contributed by atoms with Gasteiger partial charge >= 0.3 is 0 Å². The van der Waals surface area contributed by atoms with E-state index in [4.69, 9.17) is 0 Å². The highest BCUT2D eigenvalue weighted by Crippen LogP contribution is 2.13. The van der Waals surface area contributed by atoms with Crippen LogP contribution in [0.1, 0.15) is 27.1 Å². The Labute approximate surface area is 143 Å². The third-order valence-corrected chi connectivity index (χ3v) is 4.85. The molecule has 2 amide bonds. The maximum Gasteiger partial charge on any atom is 0.255 e. The Morgan fingerprint density at radius 1 is 0.958 bits per heavy atom. The normalized spacial score (nSPS) is 15.2. The third-order valence-electron chi connectivity index (χ3n) is 4.17. The lowest BCUT2D eigenvalue weighted by atomic mass is 10.2. The first-order valence-electron chi connectivity index (χ1n) is 7.83. The number of nitrogens with zero attached hydrogens (tertiary/aromatic N) is 3. The van der Waals surface area contributed by atoms with Gasteiger partial charge in [0.15, 0.2) is 0 Å². The van der Waals surface area contributed by atoms with Gasteiger partial charge in [0, 0.05) is 50.9 Å². The largest absolute Gasteiger partial charge is 0.337 e. The van der Waals surface area contributed by atoms with Crippen LogP contribution in [0.4, 0.5) is 0 Å².